The summed E-state index contributed by atoms with van der Waals surface area (Å²) in [5.41, 5.74) is 7.20. The molecule has 0 aliphatic carbocycles. The molecule has 2 rings (SSSR count). The number of aromatic nitrogens is 2. The summed E-state index contributed by atoms with van der Waals surface area (Å²) >= 11 is 0. The number of rotatable bonds is 5. The van der Waals surface area contributed by atoms with Crippen LogP contribution in [0.1, 0.15) is 36.2 Å². The average Bonchev–Trinajstić information content (AvgIpc) is 2.52. The molecule has 0 aliphatic rings. The second-order valence-electron chi connectivity index (χ2n) is 6.33. The number of hydrogen-bond acceptors (Lipinski definition) is 4. The van der Waals surface area contributed by atoms with Gasteiger partial charge >= 0.3 is 0 Å². The first kappa shape index (κ1) is 20.1. The number of carbonyl (C=O) groups excluding carboxylic acids is 1. The first-order valence-electron chi connectivity index (χ1n) is 7.80. The fourth-order valence-corrected chi connectivity index (χ4v) is 2.31. The predicted molar refractivity (Wildman–Crippen MR) is 97.8 cm³/mol. The summed E-state index contributed by atoms with van der Waals surface area (Å²) in [4.78, 5) is 30.8. The summed E-state index contributed by atoms with van der Waals surface area (Å²) in [6.07, 6.45) is 3.74. The zero-order valence-electron chi connectivity index (χ0n) is 14.5. The van der Waals surface area contributed by atoms with Gasteiger partial charge in [0.25, 0.3) is 11.5 Å². The monoisotopic (exact) mass is 352 g/mol. The summed E-state index contributed by atoms with van der Waals surface area (Å²) in [6, 6.07) is 3.67. The van der Waals surface area contributed by atoms with Crippen molar-refractivity contribution in [3.63, 3.8) is 0 Å². The Labute approximate surface area is 148 Å². The molecule has 1 unspecified atom stereocenters. The number of hydrogen-bond donors (Lipinski definition) is 1. The lowest BCUT2D eigenvalue weighted by atomic mass is 10.0. The Balaban J connectivity index is 0.00000288. The second kappa shape index (κ2) is 8.26. The Kier molecular flexibility index (Phi) is 6.93. The highest BCUT2D eigenvalue weighted by molar-refractivity contribution is 5.93. The summed E-state index contributed by atoms with van der Waals surface area (Å²) < 4.78 is 1.41. The first-order chi connectivity index (χ1) is 10.8. The van der Waals surface area contributed by atoms with Gasteiger partial charge in [-0.25, -0.2) is 4.98 Å². The van der Waals surface area contributed by atoms with E-state index < -0.39 is 0 Å². The van der Waals surface area contributed by atoms with E-state index >= 15 is 0 Å². The van der Waals surface area contributed by atoms with Gasteiger partial charge in [0.05, 0.1) is 0 Å². The fourth-order valence-electron chi connectivity index (χ4n) is 2.31. The minimum atomic E-state index is -0.344. The molecule has 24 heavy (non-hydrogen) atoms. The SMILES string of the molecule is Cc1ccc2ncc(C(=O)N(C)CCC(N)C(C)C)c(=O)n2c1.Cl. The number of fused-ring (bicyclic) bond motifs is 1. The third-order valence-electron chi connectivity index (χ3n) is 4.08. The second-order valence-corrected chi connectivity index (χ2v) is 6.33. The Bertz CT molecular complexity index is 773. The van der Waals surface area contributed by atoms with E-state index in [4.69, 9.17) is 5.73 Å². The number of aryl methyl sites for hydroxylation is 1. The highest BCUT2D eigenvalue weighted by Gasteiger charge is 2.18. The van der Waals surface area contributed by atoms with Crippen molar-refractivity contribution < 1.29 is 4.79 Å². The van der Waals surface area contributed by atoms with Crippen LogP contribution in [-0.2, 0) is 0 Å². The van der Waals surface area contributed by atoms with Crippen molar-refractivity contribution in [1.82, 2.24) is 14.3 Å². The predicted octanol–water partition coefficient (Wildman–Crippen LogP) is 1.87. The molecule has 0 saturated heterocycles. The van der Waals surface area contributed by atoms with Gasteiger partial charge in [0, 0.05) is 32.0 Å². The van der Waals surface area contributed by atoms with E-state index in [-0.39, 0.29) is 35.5 Å². The lowest BCUT2D eigenvalue weighted by Gasteiger charge is -2.21. The molecule has 0 aromatic carbocycles. The third-order valence-corrected chi connectivity index (χ3v) is 4.08. The van der Waals surface area contributed by atoms with Gasteiger partial charge in [0.1, 0.15) is 11.2 Å². The van der Waals surface area contributed by atoms with Crippen molar-refractivity contribution >= 4 is 24.0 Å². The highest BCUT2D eigenvalue weighted by atomic mass is 35.5. The van der Waals surface area contributed by atoms with Crippen LogP contribution in [0.25, 0.3) is 5.65 Å². The Morgan fingerprint density at radius 2 is 2.04 bits per heavy atom. The molecule has 1 amide bonds. The largest absolute Gasteiger partial charge is 0.341 e. The summed E-state index contributed by atoms with van der Waals surface area (Å²) in [5.74, 6) is 0.0313. The molecule has 1 atom stereocenters. The summed E-state index contributed by atoms with van der Waals surface area (Å²) in [6.45, 7) is 6.50. The molecular formula is C17H25ClN4O2. The van der Waals surface area contributed by atoms with Gasteiger partial charge in [-0.05, 0) is 30.9 Å². The van der Waals surface area contributed by atoms with Crippen LogP contribution in [0.5, 0.6) is 0 Å². The number of pyridine rings is 1. The molecule has 0 fully saturated rings. The smallest absolute Gasteiger partial charge is 0.270 e. The van der Waals surface area contributed by atoms with Crippen LogP contribution in [0.2, 0.25) is 0 Å². The van der Waals surface area contributed by atoms with Gasteiger partial charge in [-0.3, -0.25) is 14.0 Å². The molecular weight excluding hydrogens is 328 g/mol. The topological polar surface area (TPSA) is 80.7 Å². The minimum absolute atomic E-state index is 0. The van der Waals surface area contributed by atoms with Crippen LogP contribution in [0, 0.1) is 12.8 Å². The maximum Gasteiger partial charge on any atom is 0.270 e. The molecule has 2 aromatic heterocycles. The van der Waals surface area contributed by atoms with Gasteiger partial charge in [0.2, 0.25) is 0 Å². The van der Waals surface area contributed by atoms with Crippen molar-refractivity contribution in [1.29, 1.82) is 0 Å². The van der Waals surface area contributed by atoms with Crippen LogP contribution in [-0.4, -0.2) is 39.8 Å². The van der Waals surface area contributed by atoms with Gasteiger partial charge < -0.3 is 10.6 Å². The summed E-state index contributed by atoms with van der Waals surface area (Å²) in [5, 5.41) is 0. The van der Waals surface area contributed by atoms with Crippen molar-refractivity contribution in [3.05, 3.63) is 46.0 Å². The minimum Gasteiger partial charge on any atom is -0.341 e. The van der Waals surface area contributed by atoms with Crippen molar-refractivity contribution in [2.75, 3.05) is 13.6 Å². The zero-order valence-corrected chi connectivity index (χ0v) is 15.3. The normalized spacial score (nSPS) is 12.1. The third kappa shape index (κ3) is 4.33. The molecule has 2 N–H and O–H groups in total. The van der Waals surface area contributed by atoms with E-state index in [1.54, 1.807) is 19.3 Å². The molecule has 2 aromatic rings. The Morgan fingerprint density at radius 3 is 2.67 bits per heavy atom. The molecule has 132 valence electrons. The number of nitrogens with two attached hydrogens (primary N) is 1. The van der Waals surface area contributed by atoms with Crippen molar-refractivity contribution in [2.45, 2.75) is 33.2 Å². The van der Waals surface area contributed by atoms with Crippen LogP contribution in [0.15, 0.2) is 29.3 Å². The highest BCUT2D eigenvalue weighted by Crippen LogP contribution is 2.06. The molecule has 7 heteroatoms. The zero-order chi connectivity index (χ0) is 17.1. The number of amides is 1. The molecule has 2 heterocycles. The van der Waals surface area contributed by atoms with Gasteiger partial charge in [-0.2, -0.15) is 0 Å². The van der Waals surface area contributed by atoms with Crippen molar-refractivity contribution in [3.8, 4) is 0 Å². The Morgan fingerprint density at radius 1 is 1.38 bits per heavy atom. The molecule has 0 bridgehead atoms. The molecule has 0 aliphatic heterocycles. The number of halogens is 1. The molecule has 6 nitrogen and oxygen atoms in total. The van der Waals surface area contributed by atoms with E-state index in [1.165, 1.54) is 15.5 Å². The number of carbonyl (C=O) groups is 1. The molecule has 0 saturated carbocycles. The molecule has 0 radical (unpaired) electrons. The standard InChI is InChI=1S/C17H24N4O2.ClH/c1-11(2)14(18)7-8-20(4)16(22)13-9-19-15-6-5-12(3)10-21(15)17(13)23;/h5-6,9-11,14H,7-8,18H2,1-4H3;1H. The van der Waals surface area contributed by atoms with E-state index in [0.29, 0.717) is 24.5 Å². The van der Waals surface area contributed by atoms with Crippen LogP contribution in [0.4, 0.5) is 0 Å². The van der Waals surface area contributed by atoms with E-state index in [9.17, 15) is 9.59 Å². The van der Waals surface area contributed by atoms with Crippen LogP contribution < -0.4 is 11.3 Å². The van der Waals surface area contributed by atoms with E-state index in [1.807, 2.05) is 13.0 Å². The van der Waals surface area contributed by atoms with Crippen LogP contribution in [0.3, 0.4) is 0 Å². The fraction of sp³-hybridized carbons (Fsp3) is 0.471. The summed E-state index contributed by atoms with van der Waals surface area (Å²) in [7, 11) is 1.68. The van der Waals surface area contributed by atoms with Gasteiger partial charge in [-0.1, -0.05) is 19.9 Å². The quantitative estimate of drug-likeness (QED) is 0.890. The van der Waals surface area contributed by atoms with Gasteiger partial charge in [-0.15, -0.1) is 12.4 Å². The Hall–Kier alpha value is -1.92. The molecule has 0 spiro atoms. The maximum atomic E-state index is 12.5. The maximum absolute atomic E-state index is 12.5. The van der Waals surface area contributed by atoms with E-state index in [0.717, 1.165) is 5.56 Å². The van der Waals surface area contributed by atoms with Crippen LogP contribution >= 0.6 is 12.4 Å². The number of nitrogens with zero attached hydrogens (tertiary/aromatic N) is 3. The van der Waals surface area contributed by atoms with Gasteiger partial charge in [0.15, 0.2) is 0 Å². The average molecular weight is 353 g/mol. The van der Waals surface area contributed by atoms with Crippen molar-refractivity contribution in [2.24, 2.45) is 11.7 Å². The first-order valence-corrected chi connectivity index (χ1v) is 7.80. The van der Waals surface area contributed by atoms with E-state index in [2.05, 4.69) is 18.8 Å². The lowest BCUT2D eigenvalue weighted by molar-refractivity contribution is 0.0787. The lowest BCUT2D eigenvalue weighted by Crippen LogP contribution is -2.37.